The fourth-order valence-electron chi connectivity index (χ4n) is 1.71. The van der Waals surface area contributed by atoms with Crippen LogP contribution in [0, 0.1) is 0 Å². The van der Waals surface area contributed by atoms with Gasteiger partial charge in [-0.25, -0.2) is 0 Å². The first-order valence-corrected chi connectivity index (χ1v) is 6.01. The van der Waals surface area contributed by atoms with Crippen molar-refractivity contribution >= 4 is 0 Å². The van der Waals surface area contributed by atoms with Gasteiger partial charge < -0.3 is 4.74 Å². The molecule has 0 aromatic carbocycles. The topological polar surface area (TPSA) is 21.3 Å². The van der Waals surface area contributed by atoms with Crippen molar-refractivity contribution in [1.82, 2.24) is 5.32 Å². The van der Waals surface area contributed by atoms with Crippen LogP contribution in [0.3, 0.4) is 0 Å². The van der Waals surface area contributed by atoms with Gasteiger partial charge in [-0.15, -0.1) is 0 Å². The molecule has 1 rings (SSSR count). The highest BCUT2D eigenvalue weighted by Crippen LogP contribution is 2.20. The summed E-state index contributed by atoms with van der Waals surface area (Å²) in [6.07, 6.45) is 8.27. The van der Waals surface area contributed by atoms with E-state index < -0.39 is 0 Å². The van der Waals surface area contributed by atoms with Crippen molar-refractivity contribution in [2.45, 2.75) is 70.9 Å². The molecule has 0 aromatic heterocycles. The zero-order valence-corrected chi connectivity index (χ0v) is 9.94. The van der Waals surface area contributed by atoms with Crippen molar-refractivity contribution in [2.75, 3.05) is 6.73 Å². The third-order valence-electron chi connectivity index (χ3n) is 3.31. The van der Waals surface area contributed by atoms with E-state index in [1.165, 1.54) is 32.1 Å². The maximum atomic E-state index is 5.81. The number of ether oxygens (including phenoxy) is 1. The summed E-state index contributed by atoms with van der Waals surface area (Å²) in [6.45, 7) is 7.35. The van der Waals surface area contributed by atoms with E-state index in [1.54, 1.807) is 0 Å². The van der Waals surface area contributed by atoms with Crippen molar-refractivity contribution in [2.24, 2.45) is 0 Å². The Kier molecular flexibility index (Phi) is 4.90. The third kappa shape index (κ3) is 4.43. The Bertz CT molecular complexity index is 150. The van der Waals surface area contributed by atoms with Gasteiger partial charge >= 0.3 is 0 Å². The fourth-order valence-corrected chi connectivity index (χ4v) is 1.71. The molecule has 0 radical (unpaired) electrons. The van der Waals surface area contributed by atoms with Gasteiger partial charge in [0.1, 0.15) is 0 Å². The molecule has 0 heterocycles. The predicted molar refractivity (Wildman–Crippen MR) is 60.3 cm³/mol. The second kappa shape index (κ2) is 5.72. The third-order valence-corrected chi connectivity index (χ3v) is 3.31. The fraction of sp³-hybridized carbons (Fsp3) is 1.00. The van der Waals surface area contributed by atoms with Crippen LogP contribution in [-0.4, -0.2) is 18.4 Å². The number of hydrogen-bond acceptors (Lipinski definition) is 2. The van der Waals surface area contributed by atoms with Crippen molar-refractivity contribution < 1.29 is 4.74 Å². The van der Waals surface area contributed by atoms with Gasteiger partial charge in [-0.1, -0.05) is 26.2 Å². The molecule has 0 saturated heterocycles. The predicted octanol–water partition coefficient (Wildman–Crippen LogP) is 3.07. The second-order valence-electron chi connectivity index (χ2n) is 4.99. The lowest BCUT2D eigenvalue weighted by molar-refractivity contribution is 0.00674. The van der Waals surface area contributed by atoms with Gasteiger partial charge in [-0.3, -0.25) is 5.32 Å². The molecule has 0 aliphatic heterocycles. The number of hydrogen-bond donors (Lipinski definition) is 1. The van der Waals surface area contributed by atoms with E-state index in [0.29, 0.717) is 12.8 Å². The van der Waals surface area contributed by atoms with E-state index in [9.17, 15) is 0 Å². The molecule has 2 heteroatoms. The maximum Gasteiger partial charge on any atom is 0.0973 e. The molecule has 84 valence electrons. The van der Waals surface area contributed by atoms with Crippen LogP contribution in [0.5, 0.6) is 0 Å². The largest absolute Gasteiger partial charge is 0.363 e. The molecule has 1 saturated carbocycles. The summed E-state index contributed by atoms with van der Waals surface area (Å²) in [4.78, 5) is 0. The Balaban J connectivity index is 2.08. The Labute approximate surface area is 88.4 Å². The van der Waals surface area contributed by atoms with Gasteiger partial charge in [-0.2, -0.15) is 0 Å². The molecule has 0 aromatic rings. The Morgan fingerprint density at radius 2 is 1.86 bits per heavy atom. The van der Waals surface area contributed by atoms with Crippen LogP contribution in [-0.2, 0) is 4.74 Å². The molecule has 0 atom stereocenters. The molecule has 0 amide bonds. The van der Waals surface area contributed by atoms with Gasteiger partial charge in [0.25, 0.3) is 0 Å². The van der Waals surface area contributed by atoms with Crippen LogP contribution in [0.1, 0.15) is 59.3 Å². The first-order valence-electron chi connectivity index (χ1n) is 6.01. The highest BCUT2D eigenvalue weighted by molar-refractivity contribution is 4.73. The minimum Gasteiger partial charge on any atom is -0.363 e. The van der Waals surface area contributed by atoms with E-state index in [0.717, 1.165) is 6.42 Å². The van der Waals surface area contributed by atoms with Gasteiger partial charge in [-0.05, 0) is 33.1 Å². The summed E-state index contributed by atoms with van der Waals surface area (Å²) < 4.78 is 5.81. The van der Waals surface area contributed by atoms with E-state index >= 15 is 0 Å². The van der Waals surface area contributed by atoms with Gasteiger partial charge in [0, 0.05) is 5.54 Å². The Morgan fingerprint density at radius 1 is 1.21 bits per heavy atom. The summed E-state index contributed by atoms with van der Waals surface area (Å²) in [7, 11) is 0. The van der Waals surface area contributed by atoms with Crippen LogP contribution in [0.25, 0.3) is 0 Å². The van der Waals surface area contributed by atoms with E-state index in [2.05, 4.69) is 26.1 Å². The first kappa shape index (κ1) is 12.0. The molecule has 1 N–H and O–H groups in total. The van der Waals surface area contributed by atoms with Crippen LogP contribution in [0.15, 0.2) is 0 Å². The molecule has 1 aliphatic carbocycles. The van der Waals surface area contributed by atoms with Crippen LogP contribution in [0.4, 0.5) is 0 Å². The summed E-state index contributed by atoms with van der Waals surface area (Å²) in [5, 5.41) is 3.43. The van der Waals surface area contributed by atoms with Crippen LogP contribution >= 0.6 is 0 Å². The first-order chi connectivity index (χ1) is 6.64. The zero-order valence-electron chi connectivity index (χ0n) is 9.94. The van der Waals surface area contributed by atoms with Gasteiger partial charge in [0.2, 0.25) is 0 Å². The van der Waals surface area contributed by atoms with Crippen molar-refractivity contribution in [3.05, 3.63) is 0 Å². The van der Waals surface area contributed by atoms with Crippen molar-refractivity contribution in [3.8, 4) is 0 Å². The molecular formula is C12H25NO. The molecular weight excluding hydrogens is 174 g/mol. The van der Waals surface area contributed by atoms with Crippen molar-refractivity contribution in [3.63, 3.8) is 0 Å². The molecule has 14 heavy (non-hydrogen) atoms. The summed E-state index contributed by atoms with van der Waals surface area (Å²) in [5.41, 5.74) is 0.217. The lowest BCUT2D eigenvalue weighted by Gasteiger charge is -2.27. The van der Waals surface area contributed by atoms with Crippen LogP contribution in [0.2, 0.25) is 0 Å². The van der Waals surface area contributed by atoms with Gasteiger partial charge in [0.05, 0.1) is 12.8 Å². The minimum absolute atomic E-state index is 0.217. The quantitative estimate of drug-likeness (QED) is 0.687. The highest BCUT2D eigenvalue weighted by atomic mass is 16.5. The highest BCUT2D eigenvalue weighted by Gasteiger charge is 2.16. The molecule has 0 unspecified atom stereocenters. The lowest BCUT2D eigenvalue weighted by atomic mass is 9.98. The summed E-state index contributed by atoms with van der Waals surface area (Å²) in [5.74, 6) is 0. The van der Waals surface area contributed by atoms with E-state index in [-0.39, 0.29) is 5.54 Å². The minimum atomic E-state index is 0.217. The second-order valence-corrected chi connectivity index (χ2v) is 4.99. The standard InChI is InChI=1S/C12H25NO/c1-4-12(2,3)13-10-14-11-8-6-5-7-9-11/h11,13H,4-10H2,1-3H3. The molecule has 1 fully saturated rings. The molecule has 0 spiro atoms. The average Bonchev–Trinajstić information content (AvgIpc) is 2.19. The van der Waals surface area contributed by atoms with Crippen LogP contribution < -0.4 is 5.32 Å². The molecule has 2 nitrogen and oxygen atoms in total. The van der Waals surface area contributed by atoms with Crippen molar-refractivity contribution in [1.29, 1.82) is 0 Å². The smallest absolute Gasteiger partial charge is 0.0973 e. The van der Waals surface area contributed by atoms with Gasteiger partial charge in [0.15, 0.2) is 0 Å². The normalized spacial score (nSPS) is 19.9. The number of rotatable bonds is 5. The Morgan fingerprint density at radius 3 is 2.43 bits per heavy atom. The molecule has 0 bridgehead atoms. The zero-order chi connectivity index (χ0) is 10.4. The lowest BCUT2D eigenvalue weighted by Crippen LogP contribution is -2.41. The monoisotopic (exact) mass is 199 g/mol. The Hall–Kier alpha value is -0.0800. The summed E-state index contributed by atoms with van der Waals surface area (Å²) >= 11 is 0. The number of nitrogens with one attached hydrogen (secondary N) is 1. The summed E-state index contributed by atoms with van der Waals surface area (Å²) in [6, 6.07) is 0. The maximum absolute atomic E-state index is 5.81. The average molecular weight is 199 g/mol. The van der Waals surface area contributed by atoms with E-state index in [1.807, 2.05) is 0 Å². The SMILES string of the molecule is CCC(C)(C)NCOC1CCCCC1. The van der Waals surface area contributed by atoms with E-state index in [4.69, 9.17) is 4.74 Å². The molecule has 1 aliphatic rings.